The van der Waals surface area contributed by atoms with Gasteiger partial charge in [-0.25, -0.2) is 14.3 Å². The van der Waals surface area contributed by atoms with Crippen LogP contribution in [0.1, 0.15) is 49.1 Å². The summed E-state index contributed by atoms with van der Waals surface area (Å²) in [7, 11) is 1.67. The maximum Gasteiger partial charge on any atom is 0.355 e. The van der Waals surface area contributed by atoms with Crippen molar-refractivity contribution in [2.75, 3.05) is 24.5 Å². The normalized spacial score (nSPS) is 15.6. The molecular weight excluding hydrogens is 492 g/mol. The van der Waals surface area contributed by atoms with Crippen molar-refractivity contribution < 1.29 is 0 Å². The topological polar surface area (TPSA) is 122 Å². The Balaban J connectivity index is 1.94. The molecule has 1 N–H and O–H groups in total. The number of aromatic nitrogens is 5. The molecule has 0 saturated carbocycles. The second kappa shape index (κ2) is 10.1. The number of rotatable bonds is 4. The molecule has 5 rings (SSSR count). The van der Waals surface area contributed by atoms with Crippen LogP contribution in [0.4, 0.5) is 5.82 Å². The summed E-state index contributed by atoms with van der Waals surface area (Å²) in [5, 5.41) is 14.2. The summed E-state index contributed by atoms with van der Waals surface area (Å²) < 4.78 is 3.01. The standard InChI is InChI=1S/C29H32N8O2/c1-16(2)23-25(17(3)7-8-32-23)37-27-22(26(34-29(37)39)36-10-9-31-14-19(36)5)12-20(13-30)24(33-27)21-11-18(4)28(38)35(6)15-21/h7-8,11-12,15-16,19,31H,9-10,14H2,1-6H3/t19-/m0/s1. The molecule has 0 unspecified atom stereocenters. The van der Waals surface area contributed by atoms with Crippen molar-refractivity contribution in [1.82, 2.24) is 29.4 Å². The Morgan fingerprint density at radius 3 is 2.59 bits per heavy atom. The highest BCUT2D eigenvalue weighted by molar-refractivity contribution is 5.92. The summed E-state index contributed by atoms with van der Waals surface area (Å²) in [4.78, 5) is 42.6. The van der Waals surface area contributed by atoms with Crippen molar-refractivity contribution in [2.45, 2.75) is 46.6 Å². The van der Waals surface area contributed by atoms with E-state index in [0.29, 0.717) is 51.5 Å². The first-order chi connectivity index (χ1) is 18.6. The summed E-state index contributed by atoms with van der Waals surface area (Å²) >= 11 is 0. The average molecular weight is 525 g/mol. The van der Waals surface area contributed by atoms with Crippen LogP contribution in [0.2, 0.25) is 0 Å². The number of piperazine rings is 1. The Morgan fingerprint density at radius 1 is 1.15 bits per heavy atom. The Bertz CT molecular complexity index is 1740. The van der Waals surface area contributed by atoms with Crippen LogP contribution >= 0.6 is 0 Å². The first kappa shape index (κ1) is 26.3. The minimum absolute atomic E-state index is 0.0406. The van der Waals surface area contributed by atoms with Crippen molar-refractivity contribution in [3.8, 4) is 23.0 Å². The van der Waals surface area contributed by atoms with Crippen molar-refractivity contribution in [3.63, 3.8) is 0 Å². The average Bonchev–Trinajstić information content (AvgIpc) is 2.91. The van der Waals surface area contributed by atoms with E-state index in [1.54, 1.807) is 38.5 Å². The maximum absolute atomic E-state index is 13.9. The molecule has 1 saturated heterocycles. The molecule has 10 nitrogen and oxygen atoms in total. The van der Waals surface area contributed by atoms with Crippen molar-refractivity contribution in [1.29, 1.82) is 5.26 Å². The molecule has 0 bridgehead atoms. The van der Waals surface area contributed by atoms with Crippen molar-refractivity contribution in [3.05, 3.63) is 73.8 Å². The Labute approximate surface area is 226 Å². The third kappa shape index (κ3) is 4.49. The molecule has 1 aliphatic rings. The lowest BCUT2D eigenvalue weighted by molar-refractivity contribution is 0.497. The summed E-state index contributed by atoms with van der Waals surface area (Å²) in [5.74, 6) is 0.555. The van der Waals surface area contributed by atoms with E-state index in [2.05, 4.69) is 33.2 Å². The minimum Gasteiger partial charge on any atom is -0.351 e. The molecule has 0 radical (unpaired) electrons. The number of pyridine rings is 3. The SMILES string of the molecule is Cc1ccnc(C(C)C)c1-n1c(=O)nc(N2CCNC[C@@H]2C)c2cc(C#N)c(-c3cc(C)c(=O)n(C)c3)nc21. The number of nitriles is 1. The van der Waals surface area contributed by atoms with Gasteiger partial charge in [0.2, 0.25) is 0 Å². The molecule has 0 aromatic carbocycles. The van der Waals surface area contributed by atoms with Gasteiger partial charge in [-0.2, -0.15) is 10.2 Å². The number of nitrogens with zero attached hydrogens (tertiary/aromatic N) is 7. The smallest absolute Gasteiger partial charge is 0.351 e. The summed E-state index contributed by atoms with van der Waals surface area (Å²) in [6.45, 7) is 12.0. The van der Waals surface area contributed by atoms with E-state index in [-0.39, 0.29) is 17.5 Å². The van der Waals surface area contributed by atoms with Crippen LogP contribution < -0.4 is 21.5 Å². The fourth-order valence-corrected chi connectivity index (χ4v) is 5.30. The van der Waals surface area contributed by atoms with Gasteiger partial charge in [-0.1, -0.05) is 13.8 Å². The molecule has 0 aliphatic carbocycles. The van der Waals surface area contributed by atoms with E-state index in [1.807, 2.05) is 26.8 Å². The third-order valence-electron chi connectivity index (χ3n) is 7.30. The lowest BCUT2D eigenvalue weighted by Gasteiger charge is -2.35. The largest absolute Gasteiger partial charge is 0.355 e. The van der Waals surface area contributed by atoms with Crippen LogP contribution in [-0.4, -0.2) is 49.8 Å². The van der Waals surface area contributed by atoms with Gasteiger partial charge in [-0.05, 0) is 50.5 Å². The number of hydrogen-bond donors (Lipinski definition) is 1. The lowest BCUT2D eigenvalue weighted by atomic mass is 10.0. The second-order valence-electron chi connectivity index (χ2n) is 10.5. The van der Waals surface area contributed by atoms with Crippen molar-refractivity contribution >= 4 is 16.9 Å². The van der Waals surface area contributed by atoms with Gasteiger partial charge < -0.3 is 14.8 Å². The summed E-state index contributed by atoms with van der Waals surface area (Å²) in [5.41, 5.74) is 3.98. The molecule has 39 heavy (non-hydrogen) atoms. The van der Waals surface area contributed by atoms with Crippen LogP contribution in [0, 0.1) is 25.2 Å². The fraction of sp³-hybridized carbons (Fsp3) is 0.379. The van der Waals surface area contributed by atoms with Gasteiger partial charge in [-0.15, -0.1) is 0 Å². The molecule has 1 atom stereocenters. The van der Waals surface area contributed by atoms with E-state index in [9.17, 15) is 14.9 Å². The maximum atomic E-state index is 13.9. The zero-order chi connectivity index (χ0) is 28.0. The van der Waals surface area contributed by atoms with Gasteiger partial charge in [0.05, 0.1) is 28.0 Å². The third-order valence-corrected chi connectivity index (χ3v) is 7.30. The molecular formula is C29H32N8O2. The number of anilines is 1. The van der Waals surface area contributed by atoms with E-state index in [4.69, 9.17) is 4.98 Å². The van der Waals surface area contributed by atoms with Crippen LogP contribution in [0.3, 0.4) is 0 Å². The van der Waals surface area contributed by atoms with Gasteiger partial charge in [0.25, 0.3) is 5.56 Å². The molecule has 4 aromatic heterocycles. The number of hydrogen-bond acceptors (Lipinski definition) is 8. The summed E-state index contributed by atoms with van der Waals surface area (Å²) in [6.07, 6.45) is 3.41. The van der Waals surface area contributed by atoms with Crippen LogP contribution in [0.15, 0.2) is 40.2 Å². The Hall–Kier alpha value is -4.36. The highest BCUT2D eigenvalue weighted by atomic mass is 16.1. The highest BCUT2D eigenvalue weighted by Gasteiger charge is 2.27. The molecule has 1 aliphatic heterocycles. The van der Waals surface area contributed by atoms with Crippen LogP contribution in [0.25, 0.3) is 28.0 Å². The van der Waals surface area contributed by atoms with Gasteiger partial charge in [0.15, 0.2) is 5.65 Å². The predicted octanol–water partition coefficient (Wildman–Crippen LogP) is 2.95. The van der Waals surface area contributed by atoms with E-state index in [0.717, 1.165) is 24.3 Å². The molecule has 0 amide bonds. The van der Waals surface area contributed by atoms with Crippen LogP contribution in [-0.2, 0) is 7.05 Å². The van der Waals surface area contributed by atoms with Gasteiger partial charge >= 0.3 is 5.69 Å². The fourth-order valence-electron chi connectivity index (χ4n) is 5.30. The molecule has 4 aromatic rings. The molecule has 1 fully saturated rings. The summed E-state index contributed by atoms with van der Waals surface area (Å²) in [6, 6.07) is 7.75. The van der Waals surface area contributed by atoms with E-state index in [1.165, 1.54) is 9.13 Å². The van der Waals surface area contributed by atoms with E-state index >= 15 is 0 Å². The minimum atomic E-state index is -0.457. The number of nitrogens with one attached hydrogen (secondary N) is 1. The predicted molar refractivity (Wildman–Crippen MR) is 152 cm³/mol. The van der Waals surface area contributed by atoms with Crippen LogP contribution in [0.5, 0.6) is 0 Å². The molecule has 10 heteroatoms. The molecule has 5 heterocycles. The Kier molecular flexibility index (Phi) is 6.78. The van der Waals surface area contributed by atoms with Gasteiger partial charge in [-0.3, -0.25) is 9.78 Å². The van der Waals surface area contributed by atoms with Crippen molar-refractivity contribution in [2.24, 2.45) is 7.05 Å². The van der Waals surface area contributed by atoms with E-state index < -0.39 is 5.69 Å². The van der Waals surface area contributed by atoms with Gasteiger partial charge in [0.1, 0.15) is 11.9 Å². The highest BCUT2D eigenvalue weighted by Crippen LogP contribution is 2.33. The second-order valence-corrected chi connectivity index (χ2v) is 10.5. The first-order valence-electron chi connectivity index (χ1n) is 13.1. The number of fused-ring (bicyclic) bond motifs is 1. The molecule has 0 spiro atoms. The number of aryl methyl sites for hydroxylation is 3. The Morgan fingerprint density at radius 2 is 1.92 bits per heavy atom. The zero-order valence-corrected chi connectivity index (χ0v) is 23.1. The zero-order valence-electron chi connectivity index (χ0n) is 23.1. The molecule has 200 valence electrons. The lowest BCUT2D eigenvalue weighted by Crippen LogP contribution is -2.50. The quantitative estimate of drug-likeness (QED) is 0.433. The monoisotopic (exact) mass is 524 g/mol. The van der Waals surface area contributed by atoms with Gasteiger partial charge in [0, 0.05) is 56.2 Å². The first-order valence-corrected chi connectivity index (χ1v) is 13.1.